The van der Waals surface area contributed by atoms with Crippen molar-refractivity contribution in [2.75, 3.05) is 13.1 Å². The highest BCUT2D eigenvalue weighted by Crippen LogP contribution is 2.30. The third-order valence-corrected chi connectivity index (χ3v) is 6.71. The first-order valence-electron chi connectivity index (χ1n) is 8.30. The van der Waals surface area contributed by atoms with Crippen LogP contribution in [0, 0.1) is 0 Å². The Hall–Kier alpha value is -2.15. The van der Waals surface area contributed by atoms with E-state index in [1.165, 1.54) is 10.5 Å². The SMILES string of the molecule is O=S(=O)(c1cccc2ccccc12)N1CC[C@H](Oc2ccncc2Cl)C1. The Labute approximate surface area is 157 Å². The van der Waals surface area contributed by atoms with Crippen LogP contribution < -0.4 is 4.74 Å². The normalized spacial score (nSPS) is 18.3. The molecule has 7 heteroatoms. The molecule has 0 bridgehead atoms. The molecule has 2 heterocycles. The summed E-state index contributed by atoms with van der Waals surface area (Å²) in [7, 11) is -3.59. The Morgan fingerprint density at radius 1 is 1.12 bits per heavy atom. The zero-order chi connectivity index (χ0) is 18.1. The predicted molar refractivity (Wildman–Crippen MR) is 101 cm³/mol. The molecular formula is C19H17ClN2O3S. The average molecular weight is 389 g/mol. The first kappa shape index (κ1) is 17.3. The summed E-state index contributed by atoms with van der Waals surface area (Å²) in [6.07, 6.45) is 3.49. The highest BCUT2D eigenvalue weighted by Gasteiger charge is 2.34. The van der Waals surface area contributed by atoms with Gasteiger partial charge in [-0.15, -0.1) is 0 Å². The first-order valence-corrected chi connectivity index (χ1v) is 10.1. The molecule has 5 nitrogen and oxygen atoms in total. The monoisotopic (exact) mass is 388 g/mol. The Kier molecular flexibility index (Phi) is 4.56. The number of sulfonamides is 1. The van der Waals surface area contributed by atoms with Gasteiger partial charge in [-0.3, -0.25) is 4.98 Å². The van der Waals surface area contributed by atoms with Crippen molar-refractivity contribution in [1.82, 2.24) is 9.29 Å². The van der Waals surface area contributed by atoms with Crippen molar-refractivity contribution in [3.05, 3.63) is 65.9 Å². The van der Waals surface area contributed by atoms with Crippen molar-refractivity contribution in [3.63, 3.8) is 0 Å². The number of aromatic nitrogens is 1. The Morgan fingerprint density at radius 2 is 1.92 bits per heavy atom. The van der Waals surface area contributed by atoms with Gasteiger partial charge < -0.3 is 4.74 Å². The van der Waals surface area contributed by atoms with Crippen molar-refractivity contribution in [2.45, 2.75) is 17.4 Å². The summed E-state index contributed by atoms with van der Waals surface area (Å²) in [6.45, 7) is 0.711. The molecule has 1 fully saturated rings. The van der Waals surface area contributed by atoms with E-state index >= 15 is 0 Å². The zero-order valence-electron chi connectivity index (χ0n) is 13.9. The molecule has 3 aromatic rings. The quantitative estimate of drug-likeness (QED) is 0.683. The van der Waals surface area contributed by atoms with E-state index in [0.29, 0.717) is 35.2 Å². The van der Waals surface area contributed by atoms with Gasteiger partial charge in [-0.25, -0.2) is 8.42 Å². The third kappa shape index (κ3) is 3.16. The van der Waals surface area contributed by atoms with Crippen LogP contribution in [0.4, 0.5) is 0 Å². The fraction of sp³-hybridized carbons (Fsp3) is 0.211. The van der Waals surface area contributed by atoms with Gasteiger partial charge in [0.25, 0.3) is 0 Å². The van der Waals surface area contributed by atoms with E-state index in [1.807, 2.05) is 30.3 Å². The lowest BCUT2D eigenvalue weighted by molar-refractivity contribution is 0.215. The minimum Gasteiger partial charge on any atom is -0.487 e. The lowest BCUT2D eigenvalue weighted by atomic mass is 10.1. The number of benzene rings is 2. The Balaban J connectivity index is 1.59. The standard InChI is InChI=1S/C19H17ClN2O3S/c20-17-12-21-10-8-18(17)25-15-9-11-22(13-15)26(23,24)19-7-3-5-14-4-1-2-6-16(14)19/h1-8,10,12,15H,9,11,13H2/t15-/m0/s1. The van der Waals surface area contributed by atoms with Crippen LogP contribution in [0.3, 0.4) is 0 Å². The van der Waals surface area contributed by atoms with Crippen molar-refractivity contribution in [2.24, 2.45) is 0 Å². The van der Waals surface area contributed by atoms with Crippen LogP contribution in [0.15, 0.2) is 65.8 Å². The number of hydrogen-bond donors (Lipinski definition) is 0. The molecule has 2 aromatic carbocycles. The van der Waals surface area contributed by atoms with Crippen LogP contribution >= 0.6 is 11.6 Å². The molecule has 4 rings (SSSR count). The van der Waals surface area contributed by atoms with E-state index in [9.17, 15) is 8.42 Å². The Morgan fingerprint density at radius 3 is 2.77 bits per heavy atom. The maximum Gasteiger partial charge on any atom is 0.243 e. The van der Waals surface area contributed by atoms with Gasteiger partial charge in [0.2, 0.25) is 10.0 Å². The molecule has 0 N–H and O–H groups in total. The first-order chi connectivity index (χ1) is 12.6. The number of rotatable bonds is 4. The zero-order valence-corrected chi connectivity index (χ0v) is 15.4. The average Bonchev–Trinajstić information content (AvgIpc) is 3.12. The molecule has 1 saturated heterocycles. The maximum absolute atomic E-state index is 13.1. The molecule has 134 valence electrons. The number of ether oxygens (including phenoxy) is 1. The molecule has 0 radical (unpaired) electrons. The molecule has 1 atom stereocenters. The summed E-state index contributed by atoms with van der Waals surface area (Å²) in [4.78, 5) is 4.26. The van der Waals surface area contributed by atoms with E-state index in [2.05, 4.69) is 4.98 Å². The van der Waals surface area contributed by atoms with Gasteiger partial charge in [-0.05, 0) is 17.9 Å². The second kappa shape index (κ2) is 6.87. The third-order valence-electron chi connectivity index (χ3n) is 4.50. The minimum absolute atomic E-state index is 0.236. The van der Waals surface area contributed by atoms with Gasteiger partial charge in [0, 0.05) is 30.4 Å². The van der Waals surface area contributed by atoms with Crippen LogP contribution in [-0.2, 0) is 10.0 Å². The molecule has 0 amide bonds. The van der Waals surface area contributed by atoms with E-state index in [-0.39, 0.29) is 6.10 Å². The second-order valence-corrected chi connectivity index (χ2v) is 8.49. The van der Waals surface area contributed by atoms with Gasteiger partial charge in [0.05, 0.1) is 11.4 Å². The Bertz CT molecular complexity index is 1050. The lowest BCUT2D eigenvalue weighted by Gasteiger charge is -2.18. The molecule has 1 aromatic heterocycles. The smallest absolute Gasteiger partial charge is 0.243 e. The largest absolute Gasteiger partial charge is 0.487 e. The molecule has 1 aliphatic rings. The van der Waals surface area contributed by atoms with E-state index < -0.39 is 10.0 Å². The van der Waals surface area contributed by atoms with E-state index in [0.717, 1.165) is 10.8 Å². The number of fused-ring (bicyclic) bond motifs is 1. The minimum atomic E-state index is -3.59. The maximum atomic E-state index is 13.1. The summed E-state index contributed by atoms with van der Waals surface area (Å²) < 4.78 is 33.7. The number of pyridine rings is 1. The fourth-order valence-corrected chi connectivity index (χ4v) is 5.07. The van der Waals surface area contributed by atoms with Gasteiger partial charge in [0.1, 0.15) is 16.9 Å². The van der Waals surface area contributed by atoms with Crippen molar-refractivity contribution < 1.29 is 13.2 Å². The van der Waals surface area contributed by atoms with Crippen LogP contribution in [0.1, 0.15) is 6.42 Å². The highest BCUT2D eigenvalue weighted by molar-refractivity contribution is 7.89. The van der Waals surface area contributed by atoms with Gasteiger partial charge in [-0.1, -0.05) is 48.0 Å². The summed E-state index contributed by atoms with van der Waals surface area (Å²) in [5.41, 5.74) is 0. The topological polar surface area (TPSA) is 59.5 Å². The molecule has 0 unspecified atom stereocenters. The number of halogens is 1. The number of nitrogens with zero attached hydrogens (tertiary/aromatic N) is 2. The van der Waals surface area contributed by atoms with Crippen LogP contribution in [0.2, 0.25) is 5.02 Å². The lowest BCUT2D eigenvalue weighted by Crippen LogP contribution is -2.31. The summed E-state index contributed by atoms with van der Waals surface area (Å²) in [5, 5.41) is 2.06. The molecule has 26 heavy (non-hydrogen) atoms. The van der Waals surface area contributed by atoms with Crippen molar-refractivity contribution in [3.8, 4) is 5.75 Å². The molecular weight excluding hydrogens is 372 g/mol. The molecule has 1 aliphatic heterocycles. The summed E-state index contributed by atoms with van der Waals surface area (Å²) >= 11 is 6.07. The van der Waals surface area contributed by atoms with Gasteiger partial charge in [0.15, 0.2) is 0 Å². The van der Waals surface area contributed by atoms with E-state index in [1.54, 1.807) is 24.4 Å². The summed E-state index contributed by atoms with van der Waals surface area (Å²) in [5.74, 6) is 0.524. The second-order valence-electron chi connectivity index (χ2n) is 6.17. The fourth-order valence-electron chi connectivity index (χ4n) is 3.21. The van der Waals surface area contributed by atoms with E-state index in [4.69, 9.17) is 16.3 Å². The van der Waals surface area contributed by atoms with Gasteiger partial charge in [-0.2, -0.15) is 4.31 Å². The highest BCUT2D eigenvalue weighted by atomic mass is 35.5. The molecule has 0 aliphatic carbocycles. The van der Waals surface area contributed by atoms with Crippen molar-refractivity contribution >= 4 is 32.4 Å². The molecule has 0 spiro atoms. The van der Waals surface area contributed by atoms with Crippen LogP contribution in [0.5, 0.6) is 5.75 Å². The number of hydrogen-bond acceptors (Lipinski definition) is 4. The van der Waals surface area contributed by atoms with Crippen LogP contribution in [0.25, 0.3) is 10.8 Å². The summed E-state index contributed by atoms with van der Waals surface area (Å²) in [6, 6.07) is 14.5. The molecule has 0 saturated carbocycles. The predicted octanol–water partition coefficient (Wildman–Crippen LogP) is 3.73. The van der Waals surface area contributed by atoms with Gasteiger partial charge >= 0.3 is 0 Å². The van der Waals surface area contributed by atoms with Crippen molar-refractivity contribution in [1.29, 1.82) is 0 Å². The van der Waals surface area contributed by atoms with Crippen LogP contribution in [-0.4, -0.2) is 36.9 Å².